The Morgan fingerprint density at radius 3 is 2.76 bits per heavy atom. The molecule has 0 aliphatic heterocycles. The largest absolute Gasteiger partial charge is 0.302 e. The highest BCUT2D eigenvalue weighted by Gasteiger charge is 2.15. The van der Waals surface area contributed by atoms with Gasteiger partial charge in [-0.25, -0.2) is 4.98 Å². The van der Waals surface area contributed by atoms with Crippen molar-refractivity contribution in [3.8, 4) is 0 Å². The van der Waals surface area contributed by atoms with E-state index in [0.717, 1.165) is 16.5 Å². The van der Waals surface area contributed by atoms with Gasteiger partial charge < -0.3 is 4.40 Å². The average molecular weight is 293 g/mol. The number of nitrogens with zero attached hydrogens (tertiary/aromatic N) is 2. The summed E-state index contributed by atoms with van der Waals surface area (Å²) < 4.78 is 3.44. The number of aryl methyl sites for hydroxylation is 3. The zero-order valence-electron chi connectivity index (χ0n) is 10.2. The Labute approximate surface area is 110 Å². The smallest absolute Gasteiger partial charge is 0.140 e. The van der Waals surface area contributed by atoms with Gasteiger partial charge in [0.25, 0.3) is 0 Å². The van der Waals surface area contributed by atoms with Crippen LogP contribution in [0, 0.1) is 6.92 Å². The fourth-order valence-electron chi connectivity index (χ4n) is 2.77. The number of hydrogen-bond acceptors (Lipinski definition) is 1. The third-order valence-corrected chi connectivity index (χ3v) is 4.06. The van der Waals surface area contributed by atoms with Crippen LogP contribution in [0.5, 0.6) is 0 Å². The molecular weight excluding hydrogens is 276 g/mol. The highest BCUT2D eigenvalue weighted by Crippen LogP contribution is 2.25. The molecule has 0 spiro atoms. The lowest BCUT2D eigenvalue weighted by molar-refractivity contribution is 0.604. The Bertz CT molecular complexity index is 557. The molecule has 90 valence electrons. The van der Waals surface area contributed by atoms with Crippen LogP contribution in [0.4, 0.5) is 0 Å². The van der Waals surface area contributed by atoms with Gasteiger partial charge in [-0.15, -0.1) is 0 Å². The molecule has 3 heteroatoms. The van der Waals surface area contributed by atoms with Crippen LogP contribution in [0.3, 0.4) is 0 Å². The Hall–Kier alpha value is -0.830. The van der Waals surface area contributed by atoms with Crippen molar-refractivity contribution >= 4 is 21.6 Å². The van der Waals surface area contributed by atoms with Crippen molar-refractivity contribution in [2.75, 3.05) is 0 Å². The van der Waals surface area contributed by atoms with Crippen molar-refractivity contribution in [2.24, 2.45) is 0 Å². The van der Waals surface area contributed by atoms with Gasteiger partial charge in [0.1, 0.15) is 5.65 Å². The molecular formula is C14H17BrN2. The molecule has 0 atom stereocenters. The average Bonchev–Trinajstić information content (AvgIpc) is 2.56. The summed E-state index contributed by atoms with van der Waals surface area (Å²) >= 11 is 3.58. The van der Waals surface area contributed by atoms with Crippen LogP contribution in [0.25, 0.3) is 5.65 Å². The van der Waals surface area contributed by atoms with Crippen LogP contribution in [-0.2, 0) is 12.8 Å². The molecule has 0 amide bonds. The van der Waals surface area contributed by atoms with Crippen LogP contribution >= 0.6 is 15.9 Å². The molecule has 0 saturated carbocycles. The van der Waals surface area contributed by atoms with Gasteiger partial charge in [-0.05, 0) is 60.2 Å². The molecule has 2 nitrogen and oxygen atoms in total. The molecule has 0 bridgehead atoms. The minimum atomic E-state index is 1.14. The van der Waals surface area contributed by atoms with Crippen molar-refractivity contribution in [1.29, 1.82) is 0 Å². The zero-order chi connectivity index (χ0) is 11.8. The van der Waals surface area contributed by atoms with E-state index in [1.807, 2.05) is 0 Å². The maximum atomic E-state index is 4.84. The second-order valence-electron chi connectivity index (χ2n) is 4.95. The first-order valence-corrected chi connectivity index (χ1v) is 7.21. The Kier molecular flexibility index (Phi) is 2.95. The van der Waals surface area contributed by atoms with Crippen LogP contribution < -0.4 is 0 Å². The molecule has 0 aromatic carbocycles. The molecule has 1 aliphatic carbocycles. The van der Waals surface area contributed by atoms with E-state index in [2.05, 4.69) is 39.5 Å². The van der Waals surface area contributed by atoms with E-state index in [1.165, 1.54) is 49.1 Å². The van der Waals surface area contributed by atoms with Gasteiger partial charge in [0, 0.05) is 16.4 Å². The van der Waals surface area contributed by atoms with Crippen LogP contribution in [-0.4, -0.2) is 9.38 Å². The molecule has 0 unspecified atom stereocenters. The number of fused-ring (bicyclic) bond motifs is 3. The first-order chi connectivity index (χ1) is 8.25. The van der Waals surface area contributed by atoms with Crippen LogP contribution in [0.15, 0.2) is 16.7 Å². The molecule has 0 saturated heterocycles. The van der Waals surface area contributed by atoms with Crippen molar-refractivity contribution in [3.63, 3.8) is 0 Å². The van der Waals surface area contributed by atoms with Gasteiger partial charge in [0.05, 0.1) is 5.69 Å². The summed E-state index contributed by atoms with van der Waals surface area (Å²) in [7, 11) is 0. The molecule has 3 rings (SSSR count). The van der Waals surface area contributed by atoms with Gasteiger partial charge in [0.15, 0.2) is 0 Å². The van der Waals surface area contributed by atoms with Crippen LogP contribution in [0.1, 0.15) is 42.6 Å². The standard InChI is InChI=1S/C14H17BrN2/c1-10-8-11(15)9-17-13-7-5-3-2-4-6-12(13)16-14(10)17/h8-9H,2-7H2,1H3. The molecule has 0 N–H and O–H groups in total. The third kappa shape index (κ3) is 2.01. The highest BCUT2D eigenvalue weighted by molar-refractivity contribution is 9.10. The summed E-state index contributed by atoms with van der Waals surface area (Å²) in [6.45, 7) is 2.14. The summed E-state index contributed by atoms with van der Waals surface area (Å²) in [6, 6.07) is 2.15. The van der Waals surface area contributed by atoms with Crippen molar-refractivity contribution in [2.45, 2.75) is 45.4 Å². The second kappa shape index (κ2) is 4.45. The van der Waals surface area contributed by atoms with Gasteiger partial charge in [0.2, 0.25) is 0 Å². The monoisotopic (exact) mass is 292 g/mol. The molecule has 17 heavy (non-hydrogen) atoms. The van der Waals surface area contributed by atoms with E-state index in [-0.39, 0.29) is 0 Å². The number of hydrogen-bond donors (Lipinski definition) is 0. The van der Waals surface area contributed by atoms with E-state index >= 15 is 0 Å². The van der Waals surface area contributed by atoms with E-state index in [1.54, 1.807) is 0 Å². The van der Waals surface area contributed by atoms with Gasteiger partial charge in [-0.3, -0.25) is 0 Å². The van der Waals surface area contributed by atoms with Crippen molar-refractivity contribution in [3.05, 3.63) is 33.7 Å². The lowest BCUT2D eigenvalue weighted by atomic mass is 10.0. The first-order valence-electron chi connectivity index (χ1n) is 6.41. The van der Waals surface area contributed by atoms with E-state index in [9.17, 15) is 0 Å². The maximum Gasteiger partial charge on any atom is 0.140 e. The minimum absolute atomic E-state index is 1.14. The summed E-state index contributed by atoms with van der Waals surface area (Å²) in [5.74, 6) is 0. The topological polar surface area (TPSA) is 17.3 Å². The quantitative estimate of drug-likeness (QED) is 0.716. The lowest BCUT2D eigenvalue weighted by Crippen LogP contribution is -2.01. The molecule has 0 fully saturated rings. The summed E-state index contributed by atoms with van der Waals surface area (Å²) in [4.78, 5) is 4.84. The third-order valence-electron chi connectivity index (χ3n) is 3.63. The Morgan fingerprint density at radius 1 is 1.18 bits per heavy atom. The molecule has 1 aliphatic rings. The lowest BCUT2D eigenvalue weighted by Gasteiger charge is -2.09. The van der Waals surface area contributed by atoms with E-state index in [0.29, 0.717) is 0 Å². The minimum Gasteiger partial charge on any atom is -0.302 e. The summed E-state index contributed by atoms with van der Waals surface area (Å²) in [5, 5.41) is 0. The van der Waals surface area contributed by atoms with Gasteiger partial charge in [-0.1, -0.05) is 12.8 Å². The zero-order valence-corrected chi connectivity index (χ0v) is 11.8. The van der Waals surface area contributed by atoms with Gasteiger partial charge in [-0.2, -0.15) is 0 Å². The van der Waals surface area contributed by atoms with E-state index < -0.39 is 0 Å². The number of pyridine rings is 1. The fourth-order valence-corrected chi connectivity index (χ4v) is 3.31. The second-order valence-corrected chi connectivity index (χ2v) is 5.87. The fraction of sp³-hybridized carbons (Fsp3) is 0.500. The maximum absolute atomic E-state index is 4.84. The normalized spacial score (nSPS) is 16.6. The summed E-state index contributed by atoms with van der Waals surface area (Å²) in [6.07, 6.45) is 9.79. The predicted octanol–water partition coefficient (Wildman–Crippen LogP) is 4.06. The van der Waals surface area contributed by atoms with Crippen molar-refractivity contribution in [1.82, 2.24) is 9.38 Å². The van der Waals surface area contributed by atoms with Crippen LogP contribution in [0.2, 0.25) is 0 Å². The number of aromatic nitrogens is 2. The Balaban J connectivity index is 2.22. The highest BCUT2D eigenvalue weighted by atomic mass is 79.9. The van der Waals surface area contributed by atoms with E-state index in [4.69, 9.17) is 4.98 Å². The number of imidazole rings is 1. The summed E-state index contributed by atoms with van der Waals surface area (Å²) in [5.41, 5.74) is 5.15. The number of halogens is 1. The molecule has 2 aromatic heterocycles. The van der Waals surface area contributed by atoms with Crippen molar-refractivity contribution < 1.29 is 0 Å². The first kappa shape index (κ1) is 11.3. The molecule has 0 radical (unpaired) electrons. The number of rotatable bonds is 0. The SMILES string of the molecule is Cc1cc(Br)cn2c3c(nc12)CCCCCC3. The Morgan fingerprint density at radius 2 is 1.94 bits per heavy atom. The van der Waals surface area contributed by atoms with Gasteiger partial charge >= 0.3 is 0 Å². The molecule has 2 aromatic rings. The molecule has 2 heterocycles. The predicted molar refractivity (Wildman–Crippen MR) is 73.5 cm³/mol.